The molecule has 0 spiro atoms. The zero-order valence-electron chi connectivity index (χ0n) is 11.2. The van der Waals surface area contributed by atoms with Crippen molar-refractivity contribution in [1.29, 1.82) is 0 Å². The summed E-state index contributed by atoms with van der Waals surface area (Å²) < 4.78 is 0. The average Bonchev–Trinajstić information content (AvgIpc) is 2.92. The fraction of sp³-hybridized carbons (Fsp3) is 0. The Labute approximate surface area is 135 Å². The number of rotatable bonds is 1. The summed E-state index contributed by atoms with van der Waals surface area (Å²) in [5.74, 6) is 0. The summed E-state index contributed by atoms with van der Waals surface area (Å²) in [4.78, 5) is 8.94. The molecule has 22 heavy (non-hydrogen) atoms. The van der Waals surface area contributed by atoms with Gasteiger partial charge in [-0.2, -0.15) is 5.10 Å². The van der Waals surface area contributed by atoms with Gasteiger partial charge in [0.05, 0.1) is 27.8 Å². The molecule has 0 aliphatic heterocycles. The Morgan fingerprint density at radius 3 is 2.50 bits per heavy atom. The van der Waals surface area contributed by atoms with Crippen LogP contribution in [0.2, 0.25) is 10.0 Å². The molecule has 2 aromatic carbocycles. The smallest absolute Gasteiger partial charge is 0.115 e. The number of aromatic nitrogens is 4. The fourth-order valence-corrected chi connectivity index (χ4v) is 2.96. The topological polar surface area (TPSA) is 51.6 Å². The predicted molar refractivity (Wildman–Crippen MR) is 88.1 cm³/mol. The van der Waals surface area contributed by atoms with Crippen molar-refractivity contribution < 1.29 is 0 Å². The minimum Gasteiger partial charge on any atom is -0.254 e. The van der Waals surface area contributed by atoms with Crippen molar-refractivity contribution in [3.8, 4) is 11.3 Å². The van der Waals surface area contributed by atoms with E-state index in [0.29, 0.717) is 15.6 Å². The Kier molecular flexibility index (Phi) is 3.13. The van der Waals surface area contributed by atoms with Crippen molar-refractivity contribution in [1.82, 2.24) is 20.2 Å². The largest absolute Gasteiger partial charge is 0.254 e. The van der Waals surface area contributed by atoms with E-state index in [9.17, 15) is 0 Å². The summed E-state index contributed by atoms with van der Waals surface area (Å²) >= 11 is 12.6. The molecule has 2 heterocycles. The lowest BCUT2D eigenvalue weighted by Crippen LogP contribution is -1.85. The molecular formula is C16H8Cl2N4. The first kappa shape index (κ1) is 13.4. The van der Waals surface area contributed by atoms with E-state index in [4.69, 9.17) is 23.2 Å². The summed E-state index contributed by atoms with van der Waals surface area (Å²) in [5, 5.41) is 10.7. The third-order valence-corrected chi connectivity index (χ3v) is 4.08. The summed E-state index contributed by atoms with van der Waals surface area (Å²) in [6, 6.07) is 9.36. The monoisotopic (exact) mass is 326 g/mol. The number of halogens is 2. The molecule has 4 aromatic rings. The van der Waals surface area contributed by atoms with Gasteiger partial charge in [-0.05, 0) is 12.1 Å². The van der Waals surface area contributed by atoms with Crippen molar-refractivity contribution in [3.05, 3.63) is 59.0 Å². The number of hydrogen-bond acceptors (Lipinski definition) is 4. The Balaban J connectivity index is 2.21. The molecule has 0 radical (unpaired) electrons. The number of fused-ring (bicyclic) bond motifs is 3. The van der Waals surface area contributed by atoms with Crippen LogP contribution in [-0.2, 0) is 0 Å². The molecule has 0 amide bonds. The van der Waals surface area contributed by atoms with Crippen LogP contribution < -0.4 is 0 Å². The van der Waals surface area contributed by atoms with Gasteiger partial charge in [0.2, 0.25) is 0 Å². The molecular weight excluding hydrogens is 319 g/mol. The molecule has 4 nitrogen and oxygen atoms in total. The first-order valence-electron chi connectivity index (χ1n) is 6.55. The Morgan fingerprint density at radius 1 is 0.818 bits per heavy atom. The third kappa shape index (κ3) is 2.00. The van der Waals surface area contributed by atoms with Crippen LogP contribution in [0.5, 0.6) is 0 Å². The zero-order valence-corrected chi connectivity index (χ0v) is 12.7. The van der Waals surface area contributed by atoms with Crippen LogP contribution in [0, 0.1) is 0 Å². The van der Waals surface area contributed by atoms with Crippen molar-refractivity contribution in [2.75, 3.05) is 0 Å². The van der Waals surface area contributed by atoms with Crippen molar-refractivity contribution in [2.24, 2.45) is 0 Å². The summed E-state index contributed by atoms with van der Waals surface area (Å²) in [6.45, 7) is 0. The first-order chi connectivity index (χ1) is 10.8. The molecule has 0 aliphatic rings. The van der Waals surface area contributed by atoms with Crippen LogP contribution in [0.15, 0.2) is 48.9 Å². The molecule has 0 fully saturated rings. The highest BCUT2D eigenvalue weighted by Crippen LogP contribution is 2.35. The lowest BCUT2D eigenvalue weighted by molar-refractivity contribution is 1.12. The molecule has 0 saturated carbocycles. The van der Waals surface area contributed by atoms with Crippen LogP contribution in [-0.4, -0.2) is 20.2 Å². The highest BCUT2D eigenvalue weighted by Gasteiger charge is 2.14. The van der Waals surface area contributed by atoms with E-state index >= 15 is 0 Å². The molecule has 0 N–H and O–H groups in total. The Morgan fingerprint density at radius 2 is 1.64 bits per heavy atom. The molecule has 6 heteroatoms. The van der Waals surface area contributed by atoms with Crippen LogP contribution in [0.25, 0.3) is 33.1 Å². The van der Waals surface area contributed by atoms with Crippen molar-refractivity contribution >= 4 is 45.0 Å². The van der Waals surface area contributed by atoms with E-state index in [1.165, 1.54) is 0 Å². The van der Waals surface area contributed by atoms with E-state index < -0.39 is 0 Å². The van der Waals surface area contributed by atoms with Crippen LogP contribution >= 0.6 is 23.2 Å². The molecule has 2 aromatic heterocycles. The maximum absolute atomic E-state index is 6.33. The standard InChI is InChI=1S/C16H8Cl2N4/c17-12-4-2-1-3-9(12)14-10-7-13(18)16-11(8-21-22-16)15(10)20-6-5-19-14/h1-8H. The van der Waals surface area contributed by atoms with Gasteiger partial charge in [0.25, 0.3) is 0 Å². The molecule has 0 unspecified atom stereocenters. The summed E-state index contributed by atoms with van der Waals surface area (Å²) in [5.41, 5.74) is 2.94. The quantitative estimate of drug-likeness (QED) is 0.515. The molecule has 0 atom stereocenters. The fourth-order valence-electron chi connectivity index (χ4n) is 2.49. The summed E-state index contributed by atoms with van der Waals surface area (Å²) in [7, 11) is 0. The Hall–Kier alpha value is -2.30. The summed E-state index contributed by atoms with van der Waals surface area (Å²) in [6.07, 6.45) is 4.94. The van der Waals surface area contributed by atoms with Gasteiger partial charge in [-0.15, -0.1) is 5.10 Å². The SMILES string of the molecule is Clc1ccccc1-c1nccnc2c1cc(Cl)c1nncc12. The molecule has 0 aliphatic carbocycles. The van der Waals surface area contributed by atoms with E-state index in [1.807, 2.05) is 30.3 Å². The van der Waals surface area contributed by atoms with E-state index in [0.717, 1.165) is 27.5 Å². The highest BCUT2D eigenvalue weighted by molar-refractivity contribution is 6.37. The van der Waals surface area contributed by atoms with Gasteiger partial charge in [-0.25, -0.2) is 0 Å². The van der Waals surface area contributed by atoms with Crippen molar-refractivity contribution in [3.63, 3.8) is 0 Å². The third-order valence-electron chi connectivity index (χ3n) is 3.47. The van der Waals surface area contributed by atoms with E-state index in [1.54, 1.807) is 18.6 Å². The second kappa shape index (κ2) is 5.16. The minimum atomic E-state index is 0.517. The van der Waals surface area contributed by atoms with Gasteiger partial charge >= 0.3 is 0 Å². The molecule has 106 valence electrons. The Bertz CT molecular complexity index is 1020. The second-order valence-electron chi connectivity index (χ2n) is 4.75. The normalized spacial score (nSPS) is 11.2. The zero-order chi connectivity index (χ0) is 15.1. The lowest BCUT2D eigenvalue weighted by atomic mass is 10.1. The van der Waals surface area contributed by atoms with E-state index in [-0.39, 0.29) is 0 Å². The van der Waals surface area contributed by atoms with Gasteiger partial charge in [0.1, 0.15) is 5.52 Å². The average molecular weight is 327 g/mol. The van der Waals surface area contributed by atoms with Gasteiger partial charge in [-0.3, -0.25) is 9.97 Å². The number of nitrogens with zero attached hydrogens (tertiary/aromatic N) is 4. The highest BCUT2D eigenvalue weighted by atomic mass is 35.5. The van der Waals surface area contributed by atoms with Crippen LogP contribution in [0.4, 0.5) is 0 Å². The number of benzene rings is 2. The molecule has 0 saturated heterocycles. The van der Waals surface area contributed by atoms with Gasteiger partial charge < -0.3 is 0 Å². The molecule has 4 rings (SSSR count). The molecule has 0 bridgehead atoms. The minimum absolute atomic E-state index is 0.517. The maximum Gasteiger partial charge on any atom is 0.115 e. The maximum atomic E-state index is 6.33. The lowest BCUT2D eigenvalue weighted by Gasteiger charge is -2.05. The van der Waals surface area contributed by atoms with Gasteiger partial charge in [-0.1, -0.05) is 41.4 Å². The van der Waals surface area contributed by atoms with E-state index in [2.05, 4.69) is 20.2 Å². The second-order valence-corrected chi connectivity index (χ2v) is 5.56. The number of hydrogen-bond donors (Lipinski definition) is 0. The predicted octanol–water partition coefficient (Wildman–Crippen LogP) is 4.55. The van der Waals surface area contributed by atoms with Gasteiger partial charge in [0.15, 0.2) is 0 Å². The van der Waals surface area contributed by atoms with Crippen LogP contribution in [0.1, 0.15) is 0 Å². The first-order valence-corrected chi connectivity index (χ1v) is 7.31. The van der Waals surface area contributed by atoms with Crippen LogP contribution in [0.3, 0.4) is 0 Å². The van der Waals surface area contributed by atoms with Crippen molar-refractivity contribution in [2.45, 2.75) is 0 Å². The van der Waals surface area contributed by atoms with Gasteiger partial charge in [0, 0.05) is 28.4 Å².